The van der Waals surface area contributed by atoms with E-state index in [9.17, 15) is 0 Å². The Hall–Kier alpha value is -0.120. The van der Waals surface area contributed by atoms with Crippen molar-refractivity contribution < 1.29 is 15.2 Å². The lowest BCUT2D eigenvalue weighted by molar-refractivity contribution is -0.391. The van der Waals surface area contributed by atoms with E-state index in [2.05, 4.69) is 5.73 Å². The molecule has 3 heteroatoms. The van der Waals surface area contributed by atoms with Crippen LogP contribution in [-0.4, -0.2) is 32.5 Å². The monoisotopic (exact) mass is 118 g/mol. The number of hydrogen-bond donors (Lipinski definition) is 1. The normalized spacial score (nSPS) is 30.4. The highest BCUT2D eigenvalue weighted by molar-refractivity contribution is 4.56. The molecule has 0 spiro atoms. The van der Waals surface area contributed by atoms with E-state index in [1.54, 1.807) is 0 Å². The van der Waals surface area contributed by atoms with Crippen molar-refractivity contribution in [3.05, 3.63) is 0 Å². The lowest BCUT2D eigenvalue weighted by Crippen LogP contribution is -2.58. The van der Waals surface area contributed by atoms with E-state index in [-0.39, 0.29) is 6.10 Å². The first kappa shape index (κ1) is 6.01. The van der Waals surface area contributed by atoms with Crippen molar-refractivity contribution in [1.82, 2.24) is 0 Å². The van der Waals surface area contributed by atoms with E-state index in [0.717, 1.165) is 26.4 Å². The third-order valence-electron chi connectivity index (χ3n) is 1.21. The third kappa shape index (κ3) is 1.43. The minimum atomic E-state index is 0.253. The first-order valence-electron chi connectivity index (χ1n) is 2.92. The number of quaternary nitrogens is 1. The Morgan fingerprint density at radius 3 is 2.75 bits per heavy atom. The predicted molar refractivity (Wildman–Crippen MR) is 28.3 cm³/mol. The molecule has 3 N–H and O–H groups in total. The van der Waals surface area contributed by atoms with Gasteiger partial charge in [-0.25, -0.2) is 0 Å². The Morgan fingerprint density at radius 2 is 2.38 bits per heavy atom. The van der Waals surface area contributed by atoms with Crippen molar-refractivity contribution in [2.75, 3.05) is 26.4 Å². The van der Waals surface area contributed by atoms with Crippen LogP contribution in [0.4, 0.5) is 0 Å². The molecule has 0 saturated carbocycles. The molecule has 0 aromatic rings. The summed E-state index contributed by atoms with van der Waals surface area (Å²) < 4.78 is 10.3. The van der Waals surface area contributed by atoms with E-state index in [1.165, 1.54) is 0 Å². The van der Waals surface area contributed by atoms with Gasteiger partial charge in [0, 0.05) is 0 Å². The SMILES string of the molecule is [NH3+]C[C@H]1COCCO1. The van der Waals surface area contributed by atoms with E-state index in [0.29, 0.717) is 0 Å². The lowest BCUT2D eigenvalue weighted by atomic mass is 10.3. The Kier molecular flexibility index (Phi) is 2.27. The molecule has 1 aliphatic rings. The van der Waals surface area contributed by atoms with Crippen molar-refractivity contribution in [3.8, 4) is 0 Å². The fraction of sp³-hybridized carbons (Fsp3) is 1.00. The van der Waals surface area contributed by atoms with E-state index >= 15 is 0 Å². The second kappa shape index (κ2) is 3.02. The van der Waals surface area contributed by atoms with Gasteiger partial charge in [0.2, 0.25) is 0 Å². The molecule has 1 rings (SSSR count). The van der Waals surface area contributed by atoms with Gasteiger partial charge in [0.15, 0.2) is 0 Å². The zero-order valence-corrected chi connectivity index (χ0v) is 4.93. The Labute approximate surface area is 48.8 Å². The van der Waals surface area contributed by atoms with E-state index in [1.807, 2.05) is 0 Å². The van der Waals surface area contributed by atoms with Crippen molar-refractivity contribution in [1.29, 1.82) is 0 Å². The molecular formula is C5H12NO2+. The third-order valence-corrected chi connectivity index (χ3v) is 1.21. The Morgan fingerprint density at radius 1 is 1.50 bits per heavy atom. The highest BCUT2D eigenvalue weighted by Crippen LogP contribution is 1.96. The molecule has 0 aliphatic carbocycles. The first-order chi connectivity index (χ1) is 3.93. The minimum Gasteiger partial charge on any atom is -0.376 e. The molecule has 0 aromatic carbocycles. The molecule has 0 aromatic heterocycles. The highest BCUT2D eigenvalue weighted by Gasteiger charge is 2.12. The van der Waals surface area contributed by atoms with Gasteiger partial charge >= 0.3 is 0 Å². The molecule has 0 unspecified atom stereocenters. The summed E-state index contributed by atoms with van der Waals surface area (Å²) in [6, 6.07) is 0. The fourth-order valence-electron chi connectivity index (χ4n) is 0.703. The molecule has 1 aliphatic heterocycles. The summed E-state index contributed by atoms with van der Waals surface area (Å²) in [7, 11) is 0. The maximum Gasteiger partial charge on any atom is 0.129 e. The van der Waals surface area contributed by atoms with Gasteiger partial charge in [-0.3, -0.25) is 0 Å². The predicted octanol–water partition coefficient (Wildman–Crippen LogP) is -1.36. The summed E-state index contributed by atoms with van der Waals surface area (Å²) in [5.74, 6) is 0. The smallest absolute Gasteiger partial charge is 0.129 e. The van der Waals surface area contributed by atoms with Gasteiger partial charge < -0.3 is 15.2 Å². The number of rotatable bonds is 1. The molecule has 1 saturated heterocycles. The second-order valence-corrected chi connectivity index (χ2v) is 1.86. The van der Waals surface area contributed by atoms with Crippen LogP contribution in [-0.2, 0) is 9.47 Å². The van der Waals surface area contributed by atoms with Crippen LogP contribution in [0.3, 0.4) is 0 Å². The molecule has 3 nitrogen and oxygen atoms in total. The molecule has 0 amide bonds. The maximum absolute atomic E-state index is 5.24. The fourth-order valence-corrected chi connectivity index (χ4v) is 0.703. The molecule has 1 atom stereocenters. The summed E-state index contributed by atoms with van der Waals surface area (Å²) >= 11 is 0. The molecule has 0 radical (unpaired) electrons. The van der Waals surface area contributed by atoms with Crippen LogP contribution in [0.5, 0.6) is 0 Å². The lowest BCUT2D eigenvalue weighted by Gasteiger charge is -2.19. The number of ether oxygens (including phenoxy) is 2. The van der Waals surface area contributed by atoms with Gasteiger partial charge in [-0.2, -0.15) is 0 Å². The van der Waals surface area contributed by atoms with Gasteiger partial charge in [0.1, 0.15) is 12.6 Å². The molecule has 8 heavy (non-hydrogen) atoms. The summed E-state index contributed by atoms with van der Waals surface area (Å²) in [5, 5.41) is 0. The summed E-state index contributed by atoms with van der Waals surface area (Å²) in [5.41, 5.74) is 3.70. The molecule has 1 heterocycles. The molecule has 0 bridgehead atoms. The number of hydrogen-bond acceptors (Lipinski definition) is 2. The van der Waals surface area contributed by atoms with Crippen molar-refractivity contribution in [2.45, 2.75) is 6.10 Å². The Bertz CT molecular complexity index is 61.4. The summed E-state index contributed by atoms with van der Waals surface area (Å²) in [4.78, 5) is 0. The van der Waals surface area contributed by atoms with E-state index < -0.39 is 0 Å². The second-order valence-electron chi connectivity index (χ2n) is 1.86. The standard InChI is InChI=1S/C5H11NO2/c6-3-5-4-7-1-2-8-5/h5H,1-4,6H2/p+1/t5-/m0/s1. The zero-order valence-electron chi connectivity index (χ0n) is 4.93. The topological polar surface area (TPSA) is 46.1 Å². The summed E-state index contributed by atoms with van der Waals surface area (Å²) in [6.07, 6.45) is 0.253. The van der Waals surface area contributed by atoms with Crippen molar-refractivity contribution >= 4 is 0 Å². The minimum absolute atomic E-state index is 0.253. The largest absolute Gasteiger partial charge is 0.376 e. The molecule has 48 valence electrons. The van der Waals surface area contributed by atoms with Crippen molar-refractivity contribution in [2.24, 2.45) is 0 Å². The average Bonchev–Trinajstić information content (AvgIpc) is 1.90. The van der Waals surface area contributed by atoms with Crippen LogP contribution in [0.15, 0.2) is 0 Å². The van der Waals surface area contributed by atoms with Crippen LogP contribution < -0.4 is 5.73 Å². The van der Waals surface area contributed by atoms with E-state index in [4.69, 9.17) is 9.47 Å². The first-order valence-corrected chi connectivity index (χ1v) is 2.92. The van der Waals surface area contributed by atoms with Crippen LogP contribution in [0.1, 0.15) is 0 Å². The van der Waals surface area contributed by atoms with Crippen LogP contribution in [0, 0.1) is 0 Å². The quantitative estimate of drug-likeness (QED) is 0.462. The zero-order chi connectivity index (χ0) is 5.82. The van der Waals surface area contributed by atoms with Crippen LogP contribution in [0.2, 0.25) is 0 Å². The average molecular weight is 118 g/mol. The maximum atomic E-state index is 5.24. The van der Waals surface area contributed by atoms with Crippen LogP contribution in [0.25, 0.3) is 0 Å². The van der Waals surface area contributed by atoms with Crippen LogP contribution >= 0.6 is 0 Å². The van der Waals surface area contributed by atoms with Gasteiger partial charge in [-0.1, -0.05) is 0 Å². The van der Waals surface area contributed by atoms with Crippen molar-refractivity contribution in [3.63, 3.8) is 0 Å². The van der Waals surface area contributed by atoms with Gasteiger partial charge in [-0.15, -0.1) is 0 Å². The van der Waals surface area contributed by atoms with Gasteiger partial charge in [0.25, 0.3) is 0 Å². The van der Waals surface area contributed by atoms with Gasteiger partial charge in [-0.05, 0) is 0 Å². The Balaban J connectivity index is 2.13. The molecular weight excluding hydrogens is 106 g/mol. The summed E-state index contributed by atoms with van der Waals surface area (Å²) in [6.45, 7) is 3.03. The van der Waals surface area contributed by atoms with Gasteiger partial charge in [0.05, 0.1) is 19.8 Å². The highest BCUT2D eigenvalue weighted by atomic mass is 16.6. The molecule has 1 fully saturated rings.